The molecule has 2 N–H and O–H groups in total. The van der Waals surface area contributed by atoms with E-state index >= 15 is 0 Å². The Bertz CT molecular complexity index is 630. The van der Waals surface area contributed by atoms with Gasteiger partial charge in [0.2, 0.25) is 11.8 Å². The van der Waals surface area contributed by atoms with Gasteiger partial charge in [0.25, 0.3) is 0 Å². The molecule has 0 radical (unpaired) electrons. The second kappa shape index (κ2) is 5.75. The minimum atomic E-state index is 0.383. The van der Waals surface area contributed by atoms with E-state index in [0.717, 1.165) is 3.57 Å². The Kier molecular flexibility index (Phi) is 4.06. The average Bonchev–Trinajstić information content (AvgIpc) is 2.42. The quantitative estimate of drug-likeness (QED) is 0.667. The normalized spacial score (nSPS) is 9.74. The number of methoxy groups -OCH3 is 1. The first kappa shape index (κ1) is 13.4. The van der Waals surface area contributed by atoms with E-state index in [1.165, 1.54) is 7.11 Å². The summed E-state index contributed by atoms with van der Waals surface area (Å²) < 4.78 is 11.4. The molecular weight excluding hydrogens is 357 g/mol. The second-order valence-corrected chi connectivity index (χ2v) is 4.77. The topological polar surface area (TPSA) is 81.2 Å². The Balaban J connectivity index is 2.36. The zero-order chi connectivity index (χ0) is 13.8. The number of benzene rings is 1. The van der Waals surface area contributed by atoms with Crippen LogP contribution in [0.15, 0.2) is 30.3 Å². The summed E-state index contributed by atoms with van der Waals surface area (Å²) in [6.07, 6.45) is 0. The molecule has 2 rings (SSSR count). The summed E-state index contributed by atoms with van der Waals surface area (Å²) in [4.78, 5) is 4.14. The summed E-state index contributed by atoms with van der Waals surface area (Å²) in [5.41, 5.74) is 6.77. The third-order valence-electron chi connectivity index (χ3n) is 2.32. The van der Waals surface area contributed by atoms with Gasteiger partial charge in [-0.2, -0.15) is 10.2 Å². The smallest absolute Gasteiger partial charge is 0.222 e. The van der Waals surface area contributed by atoms with Crippen LogP contribution in [0, 0.1) is 14.9 Å². The fourth-order valence-corrected chi connectivity index (χ4v) is 2.21. The van der Waals surface area contributed by atoms with Crippen LogP contribution < -0.4 is 15.2 Å². The van der Waals surface area contributed by atoms with Gasteiger partial charge in [0.1, 0.15) is 0 Å². The number of pyridine rings is 1. The number of nitriles is 1. The number of rotatable bonds is 3. The third kappa shape index (κ3) is 3.06. The number of hydrogen-bond acceptors (Lipinski definition) is 5. The summed E-state index contributed by atoms with van der Waals surface area (Å²) in [7, 11) is 1.53. The molecule has 96 valence electrons. The molecule has 0 spiro atoms. The molecular formula is C13H10IN3O2. The summed E-state index contributed by atoms with van der Waals surface area (Å²) in [5.74, 6) is 1.33. The molecule has 1 heterocycles. The van der Waals surface area contributed by atoms with Crippen LogP contribution in [0.25, 0.3) is 0 Å². The monoisotopic (exact) mass is 367 g/mol. The lowest BCUT2D eigenvalue weighted by atomic mass is 10.2. The fourth-order valence-electron chi connectivity index (χ4n) is 1.46. The highest BCUT2D eigenvalue weighted by molar-refractivity contribution is 14.1. The van der Waals surface area contributed by atoms with Crippen molar-refractivity contribution in [3.8, 4) is 23.6 Å². The molecule has 1 aromatic heterocycles. The first-order valence-corrected chi connectivity index (χ1v) is 6.40. The zero-order valence-electron chi connectivity index (χ0n) is 10.1. The number of ether oxygens (including phenoxy) is 2. The highest BCUT2D eigenvalue weighted by Gasteiger charge is 2.10. The van der Waals surface area contributed by atoms with Gasteiger partial charge in [-0.05, 0) is 34.7 Å². The Morgan fingerprint density at radius 1 is 1.32 bits per heavy atom. The summed E-state index contributed by atoms with van der Waals surface area (Å²) >= 11 is 2.06. The molecule has 6 heteroatoms. The molecule has 0 saturated heterocycles. The van der Waals surface area contributed by atoms with E-state index in [-0.39, 0.29) is 0 Å². The van der Waals surface area contributed by atoms with Crippen LogP contribution in [0.5, 0.6) is 17.5 Å². The molecule has 0 saturated carbocycles. The lowest BCUT2D eigenvalue weighted by Gasteiger charge is -2.10. The molecule has 0 amide bonds. The van der Waals surface area contributed by atoms with Gasteiger partial charge in [-0.25, -0.2) is 0 Å². The van der Waals surface area contributed by atoms with E-state index in [4.69, 9.17) is 20.5 Å². The minimum absolute atomic E-state index is 0.383. The van der Waals surface area contributed by atoms with Gasteiger partial charge >= 0.3 is 0 Å². The van der Waals surface area contributed by atoms with E-state index in [0.29, 0.717) is 28.8 Å². The molecule has 0 atom stereocenters. The number of nitrogens with zero attached hydrogens (tertiary/aromatic N) is 2. The van der Waals surface area contributed by atoms with Crippen molar-refractivity contribution in [3.05, 3.63) is 39.5 Å². The molecule has 2 aromatic rings. The van der Waals surface area contributed by atoms with E-state index in [1.54, 1.807) is 30.3 Å². The van der Waals surface area contributed by atoms with Crippen molar-refractivity contribution in [2.75, 3.05) is 12.8 Å². The molecule has 0 unspecified atom stereocenters. The van der Waals surface area contributed by atoms with Gasteiger partial charge in [-0.1, -0.05) is 6.07 Å². The van der Waals surface area contributed by atoms with E-state index in [9.17, 15) is 0 Å². The van der Waals surface area contributed by atoms with Crippen molar-refractivity contribution in [3.63, 3.8) is 0 Å². The zero-order valence-corrected chi connectivity index (χ0v) is 12.2. The van der Waals surface area contributed by atoms with Crippen LogP contribution in [0.2, 0.25) is 0 Å². The predicted molar refractivity (Wildman–Crippen MR) is 79.1 cm³/mol. The van der Waals surface area contributed by atoms with Gasteiger partial charge in [-0.3, -0.25) is 0 Å². The third-order valence-corrected chi connectivity index (χ3v) is 3.12. The largest absolute Gasteiger partial charge is 0.481 e. The van der Waals surface area contributed by atoms with E-state index in [1.807, 2.05) is 6.07 Å². The van der Waals surface area contributed by atoms with Crippen LogP contribution in [0.1, 0.15) is 5.56 Å². The highest BCUT2D eigenvalue weighted by atomic mass is 127. The number of nitrogens with two attached hydrogens (primary N) is 1. The van der Waals surface area contributed by atoms with E-state index < -0.39 is 0 Å². The summed E-state index contributed by atoms with van der Waals surface area (Å²) in [6, 6.07) is 10.5. The van der Waals surface area contributed by atoms with Gasteiger partial charge in [0, 0.05) is 12.1 Å². The molecule has 0 aliphatic heterocycles. The maximum absolute atomic E-state index is 8.86. The standard InChI is InChI=1S/C13H10IN3O2/c1-18-11-3-2-4-12(17-11)19-13-9(14)5-8(7-15)6-10(13)16/h2-6H,16H2,1H3. The number of anilines is 1. The van der Waals surface area contributed by atoms with Gasteiger partial charge in [0.05, 0.1) is 28.0 Å². The highest BCUT2D eigenvalue weighted by Crippen LogP contribution is 2.33. The Morgan fingerprint density at radius 2 is 2.05 bits per heavy atom. The van der Waals surface area contributed by atoms with E-state index in [2.05, 4.69) is 27.6 Å². The van der Waals surface area contributed by atoms with Gasteiger partial charge in [-0.15, -0.1) is 0 Å². The van der Waals surface area contributed by atoms with Gasteiger partial charge in [0.15, 0.2) is 5.75 Å². The maximum atomic E-state index is 8.86. The van der Waals surface area contributed by atoms with Crippen molar-refractivity contribution in [2.45, 2.75) is 0 Å². The summed E-state index contributed by atoms with van der Waals surface area (Å²) in [6.45, 7) is 0. The lowest BCUT2D eigenvalue weighted by molar-refractivity contribution is 0.383. The van der Waals surface area contributed by atoms with Crippen LogP contribution in [-0.4, -0.2) is 12.1 Å². The van der Waals surface area contributed by atoms with Crippen molar-refractivity contribution in [1.82, 2.24) is 4.98 Å². The molecule has 0 aliphatic carbocycles. The first-order valence-electron chi connectivity index (χ1n) is 5.32. The minimum Gasteiger partial charge on any atom is -0.481 e. The molecule has 5 nitrogen and oxygen atoms in total. The molecule has 0 bridgehead atoms. The Hall–Kier alpha value is -2.01. The average molecular weight is 367 g/mol. The lowest BCUT2D eigenvalue weighted by Crippen LogP contribution is -1.98. The van der Waals surface area contributed by atoms with Crippen molar-refractivity contribution in [1.29, 1.82) is 5.26 Å². The predicted octanol–water partition coefficient (Wildman–Crippen LogP) is 2.94. The Labute approximate surface area is 124 Å². The first-order chi connectivity index (χ1) is 9.13. The SMILES string of the molecule is COc1cccc(Oc2c(N)cc(C#N)cc2I)n1. The molecule has 0 aliphatic rings. The van der Waals surface area contributed by atoms with Crippen LogP contribution in [0.3, 0.4) is 0 Å². The van der Waals surface area contributed by atoms with Crippen LogP contribution in [0.4, 0.5) is 5.69 Å². The molecule has 1 aromatic carbocycles. The molecule has 0 fully saturated rings. The summed E-state index contributed by atoms with van der Waals surface area (Å²) in [5, 5.41) is 8.86. The number of halogens is 1. The number of nitrogen functional groups attached to an aromatic ring is 1. The van der Waals surface area contributed by atoms with Crippen LogP contribution >= 0.6 is 22.6 Å². The maximum Gasteiger partial charge on any atom is 0.222 e. The number of hydrogen-bond donors (Lipinski definition) is 1. The Morgan fingerprint density at radius 3 is 2.68 bits per heavy atom. The van der Waals surface area contributed by atoms with Crippen LogP contribution in [-0.2, 0) is 0 Å². The van der Waals surface area contributed by atoms with Crippen molar-refractivity contribution < 1.29 is 9.47 Å². The molecule has 19 heavy (non-hydrogen) atoms. The second-order valence-electron chi connectivity index (χ2n) is 3.61. The fraction of sp³-hybridized carbons (Fsp3) is 0.0769. The number of aromatic nitrogens is 1. The van der Waals surface area contributed by atoms with Gasteiger partial charge < -0.3 is 15.2 Å². The van der Waals surface area contributed by atoms with Crippen molar-refractivity contribution >= 4 is 28.3 Å². The van der Waals surface area contributed by atoms with Crippen molar-refractivity contribution in [2.24, 2.45) is 0 Å².